The largest absolute Gasteiger partial charge is 0.493 e. The van der Waals surface area contributed by atoms with Crippen molar-refractivity contribution in [2.24, 2.45) is 5.41 Å². The molecule has 0 aliphatic heterocycles. The molecule has 18 heavy (non-hydrogen) atoms. The van der Waals surface area contributed by atoms with Crippen molar-refractivity contribution >= 4 is 5.91 Å². The van der Waals surface area contributed by atoms with Crippen molar-refractivity contribution in [3.63, 3.8) is 0 Å². The minimum Gasteiger partial charge on any atom is -0.493 e. The predicted molar refractivity (Wildman–Crippen MR) is 71.3 cm³/mol. The van der Waals surface area contributed by atoms with Gasteiger partial charge in [-0.15, -0.1) is 0 Å². The fourth-order valence-electron chi connectivity index (χ4n) is 1.42. The Morgan fingerprint density at radius 3 is 2.28 bits per heavy atom. The number of carbonyl (C=O) groups excluding carboxylic acids is 1. The van der Waals surface area contributed by atoms with E-state index in [0.717, 1.165) is 0 Å². The topological polar surface area (TPSA) is 47.6 Å². The van der Waals surface area contributed by atoms with E-state index in [-0.39, 0.29) is 11.3 Å². The molecule has 0 aliphatic carbocycles. The van der Waals surface area contributed by atoms with Crippen LogP contribution < -0.4 is 14.8 Å². The van der Waals surface area contributed by atoms with E-state index in [0.29, 0.717) is 23.6 Å². The van der Waals surface area contributed by atoms with Gasteiger partial charge in [0.15, 0.2) is 11.5 Å². The van der Waals surface area contributed by atoms with E-state index >= 15 is 0 Å². The molecule has 4 nitrogen and oxygen atoms in total. The highest BCUT2D eigenvalue weighted by Crippen LogP contribution is 2.27. The number of benzene rings is 1. The molecule has 0 heterocycles. The lowest BCUT2D eigenvalue weighted by Gasteiger charge is -2.19. The average molecular weight is 251 g/mol. The summed E-state index contributed by atoms with van der Waals surface area (Å²) in [6, 6.07) is 5.13. The Hall–Kier alpha value is -1.71. The third-order valence-electron chi connectivity index (χ3n) is 2.43. The summed E-state index contributed by atoms with van der Waals surface area (Å²) < 4.78 is 10.3. The molecule has 0 saturated heterocycles. The first-order chi connectivity index (χ1) is 8.37. The highest BCUT2D eigenvalue weighted by atomic mass is 16.5. The first-order valence-electron chi connectivity index (χ1n) is 5.87. The Bertz CT molecular complexity index is 422. The van der Waals surface area contributed by atoms with Crippen LogP contribution in [0.4, 0.5) is 0 Å². The molecule has 1 rings (SSSR count). The van der Waals surface area contributed by atoms with E-state index in [1.165, 1.54) is 0 Å². The van der Waals surface area contributed by atoms with Crippen LogP contribution in [0.25, 0.3) is 0 Å². The van der Waals surface area contributed by atoms with Crippen molar-refractivity contribution < 1.29 is 14.3 Å². The summed E-state index contributed by atoms with van der Waals surface area (Å²) in [5, 5.41) is 2.89. The average Bonchev–Trinajstić information content (AvgIpc) is 2.34. The van der Waals surface area contributed by atoms with E-state index < -0.39 is 0 Å². The maximum atomic E-state index is 12.0. The molecule has 0 aliphatic rings. The first kappa shape index (κ1) is 14.4. The number of rotatable bonds is 4. The van der Waals surface area contributed by atoms with Crippen LogP contribution in [0.5, 0.6) is 11.5 Å². The second kappa shape index (κ2) is 5.76. The Kier molecular flexibility index (Phi) is 4.59. The van der Waals surface area contributed by atoms with Gasteiger partial charge in [-0.3, -0.25) is 4.79 Å². The maximum absolute atomic E-state index is 12.0. The van der Waals surface area contributed by atoms with E-state index in [2.05, 4.69) is 26.1 Å². The van der Waals surface area contributed by atoms with Crippen LogP contribution in [0.1, 0.15) is 31.1 Å². The van der Waals surface area contributed by atoms with Gasteiger partial charge in [0.1, 0.15) is 0 Å². The number of carbonyl (C=O) groups is 1. The van der Waals surface area contributed by atoms with Crippen molar-refractivity contribution in [3.8, 4) is 11.5 Å². The zero-order valence-electron chi connectivity index (χ0n) is 11.7. The molecular formula is C14H21NO3. The fourth-order valence-corrected chi connectivity index (χ4v) is 1.42. The van der Waals surface area contributed by atoms with Gasteiger partial charge in [0, 0.05) is 12.1 Å². The summed E-state index contributed by atoms with van der Waals surface area (Å²) in [5.74, 6) is 1.07. The number of nitrogens with one attached hydrogen (secondary N) is 1. The summed E-state index contributed by atoms with van der Waals surface area (Å²) in [7, 11) is 3.12. The minimum atomic E-state index is -0.106. The minimum absolute atomic E-state index is 0.0617. The Morgan fingerprint density at radius 1 is 1.17 bits per heavy atom. The molecule has 0 spiro atoms. The lowest BCUT2D eigenvalue weighted by Crippen LogP contribution is -2.32. The van der Waals surface area contributed by atoms with Crippen LogP contribution in [0, 0.1) is 5.41 Å². The van der Waals surface area contributed by atoms with E-state index in [4.69, 9.17) is 9.47 Å². The summed E-state index contributed by atoms with van der Waals surface area (Å²) >= 11 is 0. The van der Waals surface area contributed by atoms with E-state index in [1.54, 1.807) is 32.4 Å². The first-order valence-corrected chi connectivity index (χ1v) is 5.87. The van der Waals surface area contributed by atoms with Gasteiger partial charge in [-0.1, -0.05) is 20.8 Å². The quantitative estimate of drug-likeness (QED) is 0.894. The summed E-state index contributed by atoms with van der Waals surface area (Å²) in [6.07, 6.45) is 0. The fraction of sp³-hybridized carbons (Fsp3) is 0.500. The normalized spacial score (nSPS) is 10.9. The summed E-state index contributed by atoms with van der Waals surface area (Å²) in [5.41, 5.74) is 0.628. The summed E-state index contributed by atoms with van der Waals surface area (Å²) in [6.45, 7) is 6.84. The highest BCUT2D eigenvalue weighted by molar-refractivity contribution is 5.94. The molecule has 0 saturated carbocycles. The van der Waals surface area contributed by atoms with Crippen molar-refractivity contribution in [2.45, 2.75) is 20.8 Å². The zero-order chi connectivity index (χ0) is 13.8. The number of methoxy groups -OCH3 is 2. The monoisotopic (exact) mass is 251 g/mol. The smallest absolute Gasteiger partial charge is 0.251 e. The third-order valence-corrected chi connectivity index (χ3v) is 2.43. The molecule has 4 heteroatoms. The molecule has 0 bridgehead atoms. The molecular weight excluding hydrogens is 230 g/mol. The number of hydrogen-bond donors (Lipinski definition) is 1. The molecule has 0 aromatic heterocycles. The standard InChI is InChI=1S/C14H21NO3/c1-14(2,3)9-15-13(16)10-6-7-11(17-4)12(8-10)18-5/h6-8H,9H2,1-5H3,(H,15,16). The number of ether oxygens (including phenoxy) is 2. The van der Waals surface area contributed by atoms with Crippen LogP contribution >= 0.6 is 0 Å². The SMILES string of the molecule is COc1ccc(C(=O)NCC(C)(C)C)cc1OC. The molecule has 100 valence electrons. The Balaban J connectivity index is 2.80. The van der Waals surface area contributed by atoms with Gasteiger partial charge >= 0.3 is 0 Å². The lowest BCUT2D eigenvalue weighted by molar-refractivity contribution is 0.0939. The van der Waals surface area contributed by atoms with Crippen molar-refractivity contribution in [3.05, 3.63) is 23.8 Å². The third kappa shape index (κ3) is 3.95. The van der Waals surface area contributed by atoms with Gasteiger partial charge in [-0.2, -0.15) is 0 Å². The Morgan fingerprint density at radius 2 is 1.78 bits per heavy atom. The van der Waals surface area contributed by atoms with Gasteiger partial charge in [-0.05, 0) is 23.6 Å². The van der Waals surface area contributed by atoms with Gasteiger partial charge in [0.25, 0.3) is 5.91 Å². The highest BCUT2D eigenvalue weighted by Gasteiger charge is 2.14. The van der Waals surface area contributed by atoms with Crippen molar-refractivity contribution in [1.82, 2.24) is 5.32 Å². The van der Waals surface area contributed by atoms with Crippen molar-refractivity contribution in [2.75, 3.05) is 20.8 Å². The maximum Gasteiger partial charge on any atom is 0.251 e. The molecule has 0 fully saturated rings. The van der Waals surface area contributed by atoms with Crippen LogP contribution in [0.3, 0.4) is 0 Å². The van der Waals surface area contributed by atoms with Crippen LogP contribution in [0.15, 0.2) is 18.2 Å². The molecule has 1 N–H and O–H groups in total. The van der Waals surface area contributed by atoms with Gasteiger partial charge in [0.2, 0.25) is 0 Å². The van der Waals surface area contributed by atoms with Crippen LogP contribution in [-0.2, 0) is 0 Å². The van der Waals surface area contributed by atoms with Gasteiger partial charge < -0.3 is 14.8 Å². The molecule has 0 atom stereocenters. The van der Waals surface area contributed by atoms with E-state index in [9.17, 15) is 4.79 Å². The van der Waals surface area contributed by atoms with Crippen molar-refractivity contribution in [1.29, 1.82) is 0 Å². The van der Waals surface area contributed by atoms with Crippen LogP contribution in [0.2, 0.25) is 0 Å². The summed E-state index contributed by atoms with van der Waals surface area (Å²) in [4.78, 5) is 12.0. The van der Waals surface area contributed by atoms with Crippen LogP contribution in [-0.4, -0.2) is 26.7 Å². The lowest BCUT2D eigenvalue weighted by atomic mass is 9.97. The van der Waals surface area contributed by atoms with E-state index in [1.807, 2.05) is 0 Å². The predicted octanol–water partition coefficient (Wildman–Crippen LogP) is 2.48. The molecule has 0 radical (unpaired) electrons. The molecule has 1 aromatic carbocycles. The molecule has 1 aromatic rings. The zero-order valence-corrected chi connectivity index (χ0v) is 11.7. The number of hydrogen-bond acceptors (Lipinski definition) is 3. The molecule has 0 unspecified atom stereocenters. The van der Waals surface area contributed by atoms with Gasteiger partial charge in [-0.25, -0.2) is 0 Å². The second-order valence-electron chi connectivity index (χ2n) is 5.31. The molecule has 1 amide bonds. The number of amides is 1. The Labute approximate surface area is 108 Å². The van der Waals surface area contributed by atoms with Gasteiger partial charge in [0.05, 0.1) is 14.2 Å². The second-order valence-corrected chi connectivity index (χ2v) is 5.31.